The molecule has 1 aromatic carbocycles. The SMILES string of the molecule is CCC(CC)C(CNC(=O)Nc1ccccc1[N+](=O)[O-])N1CCCC1. The zero-order valence-electron chi connectivity index (χ0n) is 15.0. The van der Waals surface area contributed by atoms with Gasteiger partial charge in [-0.1, -0.05) is 38.8 Å². The smallest absolute Gasteiger partial charge is 0.319 e. The van der Waals surface area contributed by atoms with Gasteiger partial charge in [0, 0.05) is 18.7 Å². The Balaban J connectivity index is 1.97. The van der Waals surface area contributed by atoms with Gasteiger partial charge in [0.15, 0.2) is 0 Å². The lowest BCUT2D eigenvalue weighted by molar-refractivity contribution is -0.383. The molecule has 0 aliphatic carbocycles. The van der Waals surface area contributed by atoms with Crippen LogP contribution in [0, 0.1) is 16.0 Å². The summed E-state index contributed by atoms with van der Waals surface area (Å²) >= 11 is 0. The molecule has 1 aliphatic heterocycles. The van der Waals surface area contributed by atoms with Crippen LogP contribution in [0.25, 0.3) is 0 Å². The Morgan fingerprint density at radius 3 is 2.48 bits per heavy atom. The summed E-state index contributed by atoms with van der Waals surface area (Å²) in [5, 5.41) is 16.5. The third kappa shape index (κ3) is 5.16. The number of carbonyl (C=O) groups excluding carboxylic acids is 1. The van der Waals surface area contributed by atoms with E-state index in [9.17, 15) is 14.9 Å². The minimum atomic E-state index is -0.493. The van der Waals surface area contributed by atoms with Gasteiger partial charge in [0.1, 0.15) is 5.69 Å². The Morgan fingerprint density at radius 2 is 1.88 bits per heavy atom. The van der Waals surface area contributed by atoms with Crippen LogP contribution < -0.4 is 10.6 Å². The molecule has 0 aromatic heterocycles. The van der Waals surface area contributed by atoms with E-state index in [0.717, 1.165) is 25.9 Å². The molecule has 1 heterocycles. The lowest BCUT2D eigenvalue weighted by Crippen LogP contribution is -2.47. The Labute approximate surface area is 148 Å². The topological polar surface area (TPSA) is 87.5 Å². The highest BCUT2D eigenvalue weighted by molar-refractivity contribution is 5.91. The highest BCUT2D eigenvalue weighted by atomic mass is 16.6. The van der Waals surface area contributed by atoms with Gasteiger partial charge in [-0.05, 0) is 37.9 Å². The van der Waals surface area contributed by atoms with Gasteiger partial charge < -0.3 is 10.6 Å². The lowest BCUT2D eigenvalue weighted by Gasteiger charge is -2.33. The van der Waals surface area contributed by atoms with Gasteiger partial charge in [0.2, 0.25) is 0 Å². The molecule has 0 bridgehead atoms. The first-order chi connectivity index (χ1) is 12.1. The molecule has 1 fully saturated rings. The summed E-state index contributed by atoms with van der Waals surface area (Å²) in [6, 6.07) is 6.08. The number of nitrogens with zero attached hydrogens (tertiary/aromatic N) is 2. The van der Waals surface area contributed by atoms with E-state index in [1.807, 2.05) is 0 Å². The van der Waals surface area contributed by atoms with E-state index in [-0.39, 0.29) is 11.4 Å². The molecule has 1 aliphatic rings. The van der Waals surface area contributed by atoms with Crippen LogP contribution in [0.4, 0.5) is 16.2 Å². The van der Waals surface area contributed by atoms with Crippen molar-refractivity contribution in [1.29, 1.82) is 0 Å². The van der Waals surface area contributed by atoms with Crippen LogP contribution in [0.3, 0.4) is 0 Å². The zero-order valence-corrected chi connectivity index (χ0v) is 15.0. The minimum Gasteiger partial charge on any atom is -0.336 e. The van der Waals surface area contributed by atoms with Crippen molar-refractivity contribution in [3.63, 3.8) is 0 Å². The quantitative estimate of drug-likeness (QED) is 0.555. The van der Waals surface area contributed by atoms with Gasteiger partial charge in [-0.25, -0.2) is 4.79 Å². The molecule has 7 nitrogen and oxygen atoms in total. The number of hydrogen-bond acceptors (Lipinski definition) is 4. The number of benzene rings is 1. The number of likely N-dealkylation sites (tertiary alicyclic amines) is 1. The van der Waals surface area contributed by atoms with Crippen molar-refractivity contribution in [2.24, 2.45) is 5.92 Å². The molecule has 138 valence electrons. The molecule has 0 saturated carbocycles. The van der Waals surface area contributed by atoms with E-state index < -0.39 is 11.0 Å². The summed E-state index contributed by atoms with van der Waals surface area (Å²) in [7, 11) is 0. The van der Waals surface area contributed by atoms with Crippen LogP contribution in [0.2, 0.25) is 0 Å². The number of nitro benzene ring substituents is 1. The maximum Gasteiger partial charge on any atom is 0.319 e. The van der Waals surface area contributed by atoms with Crippen molar-refractivity contribution in [2.75, 3.05) is 25.0 Å². The molecule has 0 spiro atoms. The summed E-state index contributed by atoms with van der Waals surface area (Å²) < 4.78 is 0. The molecule has 1 atom stereocenters. The van der Waals surface area contributed by atoms with Crippen molar-refractivity contribution >= 4 is 17.4 Å². The van der Waals surface area contributed by atoms with E-state index in [1.165, 1.54) is 25.0 Å². The normalized spacial score (nSPS) is 16.0. The second kappa shape index (κ2) is 9.36. The van der Waals surface area contributed by atoms with Crippen LogP contribution >= 0.6 is 0 Å². The number of urea groups is 1. The van der Waals surface area contributed by atoms with Gasteiger partial charge >= 0.3 is 6.03 Å². The number of carbonyl (C=O) groups is 1. The standard InChI is InChI=1S/C18H28N4O3/c1-3-14(4-2)17(21-11-7-8-12-21)13-19-18(23)20-15-9-5-6-10-16(15)22(24)25/h5-6,9-10,14,17H,3-4,7-8,11-13H2,1-2H3,(H2,19,20,23). The number of anilines is 1. The maximum absolute atomic E-state index is 12.2. The second-order valence-corrected chi connectivity index (χ2v) is 6.50. The molecule has 1 aromatic rings. The number of hydrogen-bond donors (Lipinski definition) is 2. The zero-order chi connectivity index (χ0) is 18.2. The van der Waals surface area contributed by atoms with E-state index >= 15 is 0 Å². The van der Waals surface area contributed by atoms with E-state index in [2.05, 4.69) is 29.4 Å². The second-order valence-electron chi connectivity index (χ2n) is 6.50. The van der Waals surface area contributed by atoms with Gasteiger partial charge in [0.05, 0.1) is 4.92 Å². The summed E-state index contributed by atoms with van der Waals surface area (Å²) in [6.45, 7) is 7.08. The predicted molar refractivity (Wildman–Crippen MR) is 98.8 cm³/mol. The van der Waals surface area contributed by atoms with Crippen molar-refractivity contribution in [3.8, 4) is 0 Å². The minimum absolute atomic E-state index is 0.103. The summed E-state index contributed by atoms with van der Waals surface area (Å²) in [5.41, 5.74) is 0.110. The lowest BCUT2D eigenvalue weighted by atomic mass is 9.93. The highest BCUT2D eigenvalue weighted by Gasteiger charge is 2.28. The van der Waals surface area contributed by atoms with Crippen LogP contribution in [-0.4, -0.2) is 41.5 Å². The van der Waals surface area contributed by atoms with E-state index in [4.69, 9.17) is 0 Å². The maximum atomic E-state index is 12.2. The molecule has 7 heteroatoms. The largest absolute Gasteiger partial charge is 0.336 e. The van der Waals surface area contributed by atoms with E-state index in [0.29, 0.717) is 18.5 Å². The number of rotatable bonds is 8. The van der Waals surface area contributed by atoms with Crippen molar-refractivity contribution in [2.45, 2.75) is 45.6 Å². The summed E-state index contributed by atoms with van der Waals surface area (Å²) in [6.07, 6.45) is 4.56. The number of amides is 2. The van der Waals surface area contributed by atoms with Gasteiger partial charge in [-0.3, -0.25) is 15.0 Å². The first-order valence-corrected chi connectivity index (χ1v) is 9.09. The highest BCUT2D eigenvalue weighted by Crippen LogP contribution is 2.24. The third-order valence-electron chi connectivity index (χ3n) is 5.02. The molecular weight excluding hydrogens is 320 g/mol. The van der Waals surface area contributed by atoms with Crippen molar-refractivity contribution in [3.05, 3.63) is 34.4 Å². The predicted octanol–water partition coefficient (Wildman–Crippen LogP) is 3.62. The van der Waals surface area contributed by atoms with Gasteiger partial charge in [0.25, 0.3) is 5.69 Å². The van der Waals surface area contributed by atoms with Crippen molar-refractivity contribution < 1.29 is 9.72 Å². The van der Waals surface area contributed by atoms with Gasteiger partial charge in [-0.2, -0.15) is 0 Å². The number of nitro groups is 1. The monoisotopic (exact) mass is 348 g/mol. The first kappa shape index (κ1) is 19.2. The molecule has 2 rings (SSSR count). The fourth-order valence-electron chi connectivity index (χ4n) is 3.60. The molecule has 25 heavy (non-hydrogen) atoms. The number of para-hydroxylation sites is 2. The molecular formula is C18H28N4O3. The molecule has 2 amide bonds. The average molecular weight is 348 g/mol. The fourth-order valence-corrected chi connectivity index (χ4v) is 3.60. The molecule has 0 radical (unpaired) electrons. The van der Waals surface area contributed by atoms with Crippen LogP contribution in [0.15, 0.2) is 24.3 Å². The third-order valence-corrected chi connectivity index (χ3v) is 5.02. The van der Waals surface area contributed by atoms with Gasteiger partial charge in [-0.15, -0.1) is 0 Å². The Kier molecular flexibility index (Phi) is 7.18. The Bertz CT molecular complexity index is 581. The van der Waals surface area contributed by atoms with Crippen LogP contribution in [0.5, 0.6) is 0 Å². The average Bonchev–Trinajstić information content (AvgIpc) is 3.13. The van der Waals surface area contributed by atoms with Crippen LogP contribution in [0.1, 0.15) is 39.5 Å². The Morgan fingerprint density at radius 1 is 1.24 bits per heavy atom. The Hall–Kier alpha value is -2.15. The molecule has 2 N–H and O–H groups in total. The fraction of sp³-hybridized carbons (Fsp3) is 0.611. The summed E-state index contributed by atoms with van der Waals surface area (Å²) in [4.78, 5) is 25.2. The first-order valence-electron chi connectivity index (χ1n) is 9.09. The molecule has 1 saturated heterocycles. The van der Waals surface area contributed by atoms with Crippen molar-refractivity contribution in [1.82, 2.24) is 10.2 Å². The van der Waals surface area contributed by atoms with E-state index in [1.54, 1.807) is 12.1 Å². The number of nitrogens with one attached hydrogen (secondary N) is 2. The van der Waals surface area contributed by atoms with Crippen LogP contribution in [-0.2, 0) is 0 Å². The molecule has 1 unspecified atom stereocenters. The summed E-state index contributed by atoms with van der Waals surface area (Å²) in [5.74, 6) is 0.532.